The predicted octanol–water partition coefficient (Wildman–Crippen LogP) is 1.02. The monoisotopic (exact) mass is 399 g/mol. The highest BCUT2D eigenvalue weighted by Crippen LogP contribution is 2.27. The molecule has 0 saturated heterocycles. The van der Waals surface area contributed by atoms with Gasteiger partial charge in [-0.05, 0) is 23.4 Å². The van der Waals surface area contributed by atoms with Gasteiger partial charge in [-0.3, -0.25) is 24.7 Å². The van der Waals surface area contributed by atoms with Crippen molar-refractivity contribution in [1.29, 1.82) is 0 Å². The lowest BCUT2D eigenvalue weighted by atomic mass is 10.0. The number of carboxylic acids is 1. The summed E-state index contributed by atoms with van der Waals surface area (Å²) < 4.78 is 0. The molecule has 4 N–H and O–H groups in total. The molecular weight excluding hydrogens is 378 g/mol. The van der Waals surface area contributed by atoms with Crippen LogP contribution in [0.1, 0.15) is 23.7 Å². The number of carbonyl (C=O) groups excluding carboxylic acids is 2. The Balaban J connectivity index is 2.05. The van der Waals surface area contributed by atoms with Gasteiger partial charge in [0.15, 0.2) is 0 Å². The number of hydrogen-bond donors (Lipinski definition) is 4. The zero-order valence-electron chi connectivity index (χ0n) is 15.5. The first-order chi connectivity index (χ1) is 14.0. The van der Waals surface area contributed by atoms with Gasteiger partial charge in [0.25, 0.3) is 0 Å². The molecule has 10 heteroatoms. The molecule has 0 spiro atoms. The molecule has 1 atom stereocenters. The number of aliphatic carboxylic acids is 1. The Bertz CT molecular complexity index is 859. The van der Waals surface area contributed by atoms with Gasteiger partial charge in [0.1, 0.15) is 5.69 Å². The van der Waals surface area contributed by atoms with E-state index in [4.69, 9.17) is 5.11 Å². The Morgan fingerprint density at radius 3 is 2.48 bits per heavy atom. The maximum absolute atomic E-state index is 12.4. The Morgan fingerprint density at radius 2 is 1.79 bits per heavy atom. The van der Waals surface area contributed by atoms with Crippen LogP contribution in [0.25, 0.3) is 0 Å². The van der Waals surface area contributed by atoms with Crippen LogP contribution in [0.2, 0.25) is 0 Å². The van der Waals surface area contributed by atoms with Crippen LogP contribution in [0.5, 0.6) is 0 Å². The van der Waals surface area contributed by atoms with Crippen molar-refractivity contribution in [3.8, 4) is 0 Å². The van der Waals surface area contributed by atoms with Crippen LogP contribution in [0.15, 0.2) is 53.8 Å². The van der Waals surface area contributed by atoms with Crippen LogP contribution >= 0.6 is 0 Å². The minimum absolute atomic E-state index is 0.105. The minimum atomic E-state index is -1.10. The highest BCUT2D eigenvalue weighted by Gasteiger charge is 2.21. The van der Waals surface area contributed by atoms with Crippen LogP contribution in [0.3, 0.4) is 0 Å². The highest BCUT2D eigenvalue weighted by atomic mass is 16.4. The number of pyridine rings is 1. The summed E-state index contributed by atoms with van der Waals surface area (Å²) in [5, 5.41) is 19.4. The van der Waals surface area contributed by atoms with Crippen LogP contribution in [0, 0.1) is 4.91 Å². The molecule has 0 radical (unpaired) electrons. The number of nitroso groups, excluding NO2 is 1. The molecule has 0 aliphatic carbocycles. The summed E-state index contributed by atoms with van der Waals surface area (Å²) in [4.78, 5) is 50.3. The standard InChI is InChI=1S/C19H21N5O5/c25-17(22-10-13-5-3-4-8-21-13)9-16(14-6-1-2-7-15(14)24-29)23-18(26)11-20-12-19(27)28/h1-8,16,20H,9-12H2,(H,22,25)(H,23,26)(H,27,28). The van der Waals surface area contributed by atoms with Crippen molar-refractivity contribution in [2.45, 2.75) is 19.0 Å². The van der Waals surface area contributed by atoms with Crippen LogP contribution in [-0.2, 0) is 20.9 Å². The fourth-order valence-corrected chi connectivity index (χ4v) is 2.58. The molecule has 0 aliphatic rings. The van der Waals surface area contributed by atoms with Gasteiger partial charge in [0.05, 0.1) is 37.8 Å². The molecule has 2 rings (SSSR count). The smallest absolute Gasteiger partial charge is 0.317 e. The van der Waals surface area contributed by atoms with Crippen LogP contribution in [-0.4, -0.2) is 41.0 Å². The van der Waals surface area contributed by atoms with Crippen molar-refractivity contribution >= 4 is 23.5 Å². The second-order valence-corrected chi connectivity index (χ2v) is 6.07. The average Bonchev–Trinajstić information content (AvgIpc) is 2.72. The van der Waals surface area contributed by atoms with Crippen molar-refractivity contribution in [2.24, 2.45) is 5.18 Å². The number of carbonyl (C=O) groups is 3. The van der Waals surface area contributed by atoms with E-state index < -0.39 is 17.9 Å². The summed E-state index contributed by atoms with van der Waals surface area (Å²) in [5.41, 5.74) is 1.17. The van der Waals surface area contributed by atoms with Crippen molar-refractivity contribution in [1.82, 2.24) is 20.9 Å². The maximum atomic E-state index is 12.4. The number of carboxylic acid groups (broad SMARTS) is 1. The lowest BCUT2D eigenvalue weighted by Gasteiger charge is -2.20. The molecule has 1 aromatic heterocycles. The average molecular weight is 399 g/mol. The molecule has 10 nitrogen and oxygen atoms in total. The van der Waals surface area contributed by atoms with Gasteiger partial charge in [0.2, 0.25) is 11.8 Å². The number of benzene rings is 1. The summed E-state index contributed by atoms with van der Waals surface area (Å²) in [6.07, 6.45) is 1.48. The van der Waals surface area contributed by atoms with Crippen molar-refractivity contribution in [2.75, 3.05) is 13.1 Å². The minimum Gasteiger partial charge on any atom is -0.480 e. The molecule has 0 aliphatic heterocycles. The number of hydrogen-bond acceptors (Lipinski definition) is 7. The molecular formula is C19H21N5O5. The van der Waals surface area contributed by atoms with Crippen molar-refractivity contribution < 1.29 is 19.5 Å². The van der Waals surface area contributed by atoms with E-state index in [0.717, 1.165) is 0 Å². The summed E-state index contributed by atoms with van der Waals surface area (Å²) in [6.45, 7) is -0.418. The summed E-state index contributed by atoms with van der Waals surface area (Å²) >= 11 is 0. The number of nitrogens with one attached hydrogen (secondary N) is 3. The fourth-order valence-electron chi connectivity index (χ4n) is 2.58. The van der Waals surface area contributed by atoms with Gasteiger partial charge in [-0.15, -0.1) is 4.91 Å². The first-order valence-corrected chi connectivity index (χ1v) is 8.80. The van der Waals surface area contributed by atoms with E-state index >= 15 is 0 Å². The zero-order valence-corrected chi connectivity index (χ0v) is 15.5. The lowest BCUT2D eigenvalue weighted by molar-refractivity contribution is -0.136. The summed E-state index contributed by atoms with van der Waals surface area (Å²) in [6, 6.07) is 10.9. The summed E-state index contributed by atoms with van der Waals surface area (Å²) in [7, 11) is 0. The normalized spacial score (nSPS) is 11.3. The van der Waals surface area contributed by atoms with Crippen molar-refractivity contribution in [3.05, 3.63) is 64.8 Å². The molecule has 1 unspecified atom stereocenters. The first kappa shape index (κ1) is 21.6. The third kappa shape index (κ3) is 7.46. The van der Waals surface area contributed by atoms with E-state index in [1.807, 2.05) is 0 Å². The SMILES string of the molecule is O=Nc1ccccc1C(CC(=O)NCc1ccccn1)NC(=O)CNCC(=O)O. The van der Waals surface area contributed by atoms with Crippen LogP contribution < -0.4 is 16.0 Å². The number of nitrogens with zero attached hydrogens (tertiary/aromatic N) is 2. The Labute approximate surface area is 166 Å². The van der Waals surface area contributed by atoms with E-state index in [9.17, 15) is 19.3 Å². The predicted molar refractivity (Wildman–Crippen MR) is 104 cm³/mol. The van der Waals surface area contributed by atoms with Gasteiger partial charge >= 0.3 is 5.97 Å². The second-order valence-electron chi connectivity index (χ2n) is 6.07. The summed E-state index contributed by atoms with van der Waals surface area (Å²) in [5.74, 6) is -1.98. The zero-order chi connectivity index (χ0) is 21.1. The van der Waals surface area contributed by atoms with Gasteiger partial charge < -0.3 is 15.7 Å². The Morgan fingerprint density at radius 1 is 1.03 bits per heavy atom. The molecule has 2 aromatic rings. The van der Waals surface area contributed by atoms with Crippen molar-refractivity contribution in [3.63, 3.8) is 0 Å². The molecule has 152 valence electrons. The molecule has 0 fully saturated rings. The van der Waals surface area contributed by atoms with Gasteiger partial charge in [-0.1, -0.05) is 24.3 Å². The molecule has 1 heterocycles. The van der Waals surface area contributed by atoms with E-state index in [-0.39, 0.29) is 37.6 Å². The third-order valence-electron chi connectivity index (χ3n) is 3.89. The van der Waals surface area contributed by atoms with Gasteiger partial charge in [-0.2, -0.15) is 0 Å². The molecule has 1 aromatic carbocycles. The number of aromatic nitrogens is 1. The Hall–Kier alpha value is -3.66. The Kier molecular flexibility index (Phi) is 8.39. The molecule has 0 saturated carbocycles. The third-order valence-corrected chi connectivity index (χ3v) is 3.89. The topological polar surface area (TPSA) is 150 Å². The van der Waals surface area contributed by atoms with Gasteiger partial charge in [0, 0.05) is 11.8 Å². The fraction of sp³-hybridized carbons (Fsp3) is 0.263. The lowest BCUT2D eigenvalue weighted by Crippen LogP contribution is -2.39. The molecule has 2 amide bonds. The van der Waals surface area contributed by atoms with E-state index in [1.54, 1.807) is 42.6 Å². The maximum Gasteiger partial charge on any atom is 0.317 e. The largest absolute Gasteiger partial charge is 0.480 e. The number of rotatable bonds is 11. The van der Waals surface area contributed by atoms with Crippen LogP contribution in [0.4, 0.5) is 5.69 Å². The second kappa shape index (κ2) is 11.2. The molecule has 29 heavy (non-hydrogen) atoms. The van der Waals surface area contributed by atoms with E-state index in [2.05, 4.69) is 26.1 Å². The van der Waals surface area contributed by atoms with Gasteiger partial charge in [-0.25, -0.2) is 0 Å². The van der Waals surface area contributed by atoms with E-state index in [1.165, 1.54) is 6.07 Å². The number of amides is 2. The quantitative estimate of drug-likeness (QED) is 0.412. The molecule has 0 bridgehead atoms. The highest BCUT2D eigenvalue weighted by molar-refractivity contribution is 5.82. The first-order valence-electron chi connectivity index (χ1n) is 8.80. The van der Waals surface area contributed by atoms with E-state index in [0.29, 0.717) is 11.3 Å².